The zero-order chi connectivity index (χ0) is 23.5. The number of ketones is 1. The van der Waals surface area contributed by atoms with E-state index >= 15 is 0 Å². The molecule has 34 heavy (non-hydrogen) atoms. The first-order valence-electron chi connectivity index (χ1n) is 11.3. The zero-order valence-corrected chi connectivity index (χ0v) is 19.3. The van der Waals surface area contributed by atoms with Crippen molar-refractivity contribution in [3.05, 3.63) is 90.1 Å². The molecule has 0 fully saturated rings. The maximum Gasteiger partial charge on any atom is 0.188 e. The zero-order valence-electron chi connectivity index (χ0n) is 19.3. The molecule has 0 aliphatic heterocycles. The molecule has 0 amide bonds. The van der Waals surface area contributed by atoms with Gasteiger partial charge in [-0.05, 0) is 55.9 Å². The van der Waals surface area contributed by atoms with Gasteiger partial charge in [0.05, 0.1) is 24.0 Å². The predicted octanol–water partition coefficient (Wildman–Crippen LogP) is 4.12. The lowest BCUT2D eigenvalue weighted by molar-refractivity contribution is 0.0989. The van der Waals surface area contributed by atoms with Crippen LogP contribution in [0.1, 0.15) is 34.1 Å². The molecule has 0 radical (unpaired) electrons. The second kappa shape index (κ2) is 9.44. The number of benzene rings is 2. The van der Waals surface area contributed by atoms with Crippen LogP contribution in [0.5, 0.6) is 0 Å². The van der Waals surface area contributed by atoms with Crippen molar-refractivity contribution in [1.29, 1.82) is 0 Å². The number of carbonyl (C=O) groups is 1. The third kappa shape index (κ3) is 4.53. The maximum atomic E-state index is 13.1. The van der Waals surface area contributed by atoms with Gasteiger partial charge in [-0.2, -0.15) is 15.3 Å². The van der Waals surface area contributed by atoms with Gasteiger partial charge in [-0.15, -0.1) is 0 Å². The van der Waals surface area contributed by atoms with Gasteiger partial charge < -0.3 is 4.90 Å². The molecule has 0 unspecified atom stereocenters. The highest BCUT2D eigenvalue weighted by molar-refractivity contribution is 6.07. The summed E-state index contributed by atoms with van der Waals surface area (Å²) in [4.78, 5) is 15.3. The summed E-state index contributed by atoms with van der Waals surface area (Å²) in [6.07, 6.45) is 8.55. The summed E-state index contributed by atoms with van der Waals surface area (Å²) < 4.78 is 1.97. The molecule has 0 saturated heterocycles. The summed E-state index contributed by atoms with van der Waals surface area (Å²) in [6.45, 7) is 0.938. The van der Waals surface area contributed by atoms with Gasteiger partial charge in [-0.3, -0.25) is 19.7 Å². The Bertz CT molecular complexity index is 1380. The average Bonchev–Trinajstić information content (AvgIpc) is 3.60. The Hall–Kier alpha value is -4.04. The van der Waals surface area contributed by atoms with Crippen molar-refractivity contribution in [3.63, 3.8) is 0 Å². The number of fused-ring (bicyclic) bond motifs is 1. The highest BCUT2D eigenvalue weighted by Crippen LogP contribution is 2.26. The molecule has 0 aliphatic rings. The predicted molar refractivity (Wildman–Crippen MR) is 132 cm³/mol. The molecule has 172 valence electrons. The molecule has 2 N–H and O–H groups in total. The lowest BCUT2D eigenvalue weighted by Gasteiger charge is -2.20. The van der Waals surface area contributed by atoms with E-state index in [1.807, 2.05) is 53.5 Å². The molecule has 0 spiro atoms. The van der Waals surface area contributed by atoms with Crippen molar-refractivity contribution >= 4 is 16.7 Å². The van der Waals surface area contributed by atoms with E-state index in [4.69, 9.17) is 0 Å². The molecule has 1 atom stereocenters. The van der Waals surface area contributed by atoms with Gasteiger partial charge in [0.1, 0.15) is 5.69 Å². The van der Waals surface area contributed by atoms with Crippen LogP contribution in [0, 0.1) is 0 Å². The van der Waals surface area contributed by atoms with Gasteiger partial charge in [0.25, 0.3) is 0 Å². The number of carbonyl (C=O) groups excluding carboxylic acids is 1. The van der Waals surface area contributed by atoms with Crippen LogP contribution in [0.3, 0.4) is 0 Å². The number of nitrogens with zero attached hydrogens (tertiary/aromatic N) is 5. The maximum absolute atomic E-state index is 13.1. The monoisotopic (exact) mass is 453 g/mol. The summed E-state index contributed by atoms with van der Waals surface area (Å²) in [5, 5.41) is 19.6. The minimum Gasteiger partial charge on any atom is -0.309 e. The molecular formula is C26H27N7O. The lowest BCUT2D eigenvalue weighted by atomic mass is 10.0. The van der Waals surface area contributed by atoms with E-state index in [1.54, 1.807) is 12.4 Å². The van der Waals surface area contributed by atoms with E-state index in [0.717, 1.165) is 40.6 Å². The van der Waals surface area contributed by atoms with Crippen LogP contribution in [0.4, 0.5) is 0 Å². The first-order valence-corrected chi connectivity index (χ1v) is 11.3. The first kappa shape index (κ1) is 21.8. The van der Waals surface area contributed by atoms with Crippen molar-refractivity contribution in [2.45, 2.75) is 18.9 Å². The fourth-order valence-corrected chi connectivity index (χ4v) is 4.24. The molecule has 0 aliphatic carbocycles. The van der Waals surface area contributed by atoms with E-state index in [-0.39, 0.29) is 18.2 Å². The van der Waals surface area contributed by atoms with Crippen LogP contribution in [0.2, 0.25) is 0 Å². The van der Waals surface area contributed by atoms with Crippen LogP contribution >= 0.6 is 0 Å². The standard InChI is InChI=1S/C26H27N7O/c1-32(2)11-10-24(19-6-4-3-5-7-19)33-17-18(14-29-33)12-25(34)26-22-9-8-20(13-23(22)30-31-26)21-15-27-28-16-21/h3-9,13-17,24H,10-12H2,1-2H3,(H,27,28)(H,30,31)/t24-/m0/s1. The average molecular weight is 454 g/mol. The highest BCUT2D eigenvalue weighted by atomic mass is 16.1. The Morgan fingerprint density at radius 3 is 2.71 bits per heavy atom. The summed E-state index contributed by atoms with van der Waals surface area (Å²) in [7, 11) is 4.14. The van der Waals surface area contributed by atoms with Gasteiger partial charge in [0.2, 0.25) is 0 Å². The summed E-state index contributed by atoms with van der Waals surface area (Å²) in [6, 6.07) is 16.4. The molecule has 3 heterocycles. The fraction of sp³-hybridized carbons (Fsp3) is 0.231. The third-order valence-electron chi connectivity index (χ3n) is 6.03. The van der Waals surface area contributed by atoms with Crippen LogP contribution in [0.25, 0.3) is 22.0 Å². The third-order valence-corrected chi connectivity index (χ3v) is 6.03. The lowest BCUT2D eigenvalue weighted by Crippen LogP contribution is -2.20. The Kier molecular flexibility index (Phi) is 6.05. The number of Topliss-reactive ketones (excluding diaryl/α,β-unsaturated/α-hetero) is 1. The molecule has 0 bridgehead atoms. The number of H-pyrrole nitrogens is 2. The van der Waals surface area contributed by atoms with E-state index < -0.39 is 0 Å². The smallest absolute Gasteiger partial charge is 0.188 e. The van der Waals surface area contributed by atoms with Crippen LogP contribution in [-0.4, -0.2) is 61.5 Å². The van der Waals surface area contributed by atoms with Gasteiger partial charge >= 0.3 is 0 Å². The molecule has 5 rings (SSSR count). The minimum absolute atomic E-state index is 0.0357. The van der Waals surface area contributed by atoms with Crippen LogP contribution in [0.15, 0.2) is 73.3 Å². The van der Waals surface area contributed by atoms with Crippen molar-refractivity contribution in [3.8, 4) is 11.1 Å². The Morgan fingerprint density at radius 2 is 1.94 bits per heavy atom. The van der Waals surface area contributed by atoms with Crippen LogP contribution < -0.4 is 0 Å². The Balaban J connectivity index is 1.35. The van der Waals surface area contributed by atoms with Gasteiger partial charge in [-0.25, -0.2) is 0 Å². The van der Waals surface area contributed by atoms with Gasteiger partial charge in [0, 0.05) is 29.8 Å². The van der Waals surface area contributed by atoms with Crippen molar-refractivity contribution in [1.82, 2.24) is 35.1 Å². The molecule has 3 aromatic heterocycles. The Labute approximate surface area is 197 Å². The minimum atomic E-state index is -0.0357. The number of hydrogen-bond acceptors (Lipinski definition) is 5. The number of nitrogens with one attached hydrogen (secondary N) is 2. The quantitative estimate of drug-likeness (QED) is 0.328. The number of aromatic nitrogens is 6. The Morgan fingerprint density at radius 1 is 1.09 bits per heavy atom. The first-order chi connectivity index (χ1) is 16.6. The van der Waals surface area contributed by atoms with Crippen LogP contribution in [-0.2, 0) is 6.42 Å². The second-order valence-electron chi connectivity index (χ2n) is 8.77. The van der Waals surface area contributed by atoms with E-state index in [2.05, 4.69) is 56.6 Å². The molecule has 5 aromatic rings. The van der Waals surface area contributed by atoms with Gasteiger partial charge in [-0.1, -0.05) is 36.4 Å². The summed E-state index contributed by atoms with van der Waals surface area (Å²) in [5.74, 6) is -0.0357. The molecule has 2 aromatic carbocycles. The van der Waals surface area contributed by atoms with Crippen molar-refractivity contribution < 1.29 is 4.79 Å². The molecular weight excluding hydrogens is 426 g/mol. The largest absolute Gasteiger partial charge is 0.309 e. The van der Waals surface area contributed by atoms with E-state index in [1.165, 1.54) is 5.56 Å². The number of hydrogen-bond donors (Lipinski definition) is 2. The van der Waals surface area contributed by atoms with Gasteiger partial charge in [0.15, 0.2) is 5.78 Å². The molecule has 8 nitrogen and oxygen atoms in total. The van der Waals surface area contributed by atoms with E-state index in [9.17, 15) is 4.79 Å². The van der Waals surface area contributed by atoms with Crippen molar-refractivity contribution in [2.75, 3.05) is 20.6 Å². The molecule has 8 heteroatoms. The van der Waals surface area contributed by atoms with Crippen molar-refractivity contribution in [2.24, 2.45) is 0 Å². The second-order valence-corrected chi connectivity index (χ2v) is 8.77. The normalized spacial score (nSPS) is 12.4. The highest BCUT2D eigenvalue weighted by Gasteiger charge is 2.19. The number of aromatic amines is 2. The summed E-state index contributed by atoms with van der Waals surface area (Å²) >= 11 is 0. The van der Waals surface area contributed by atoms with E-state index in [0.29, 0.717) is 5.69 Å². The molecule has 0 saturated carbocycles. The summed E-state index contributed by atoms with van der Waals surface area (Å²) in [5.41, 5.74) is 5.35. The topological polar surface area (TPSA) is 95.5 Å². The number of rotatable bonds is 9. The SMILES string of the molecule is CN(C)CC[C@@H](c1ccccc1)n1cc(CC(=O)c2n[nH]c3cc(-c4cn[nH]c4)ccc23)cn1. The fourth-order valence-electron chi connectivity index (χ4n) is 4.24.